The van der Waals surface area contributed by atoms with E-state index in [9.17, 15) is 9.90 Å². The molecule has 1 aromatic heterocycles. The first kappa shape index (κ1) is 18.2. The topological polar surface area (TPSA) is 87.9 Å². The second-order valence-electron chi connectivity index (χ2n) is 7.58. The van der Waals surface area contributed by atoms with E-state index in [-0.39, 0.29) is 17.6 Å². The molecule has 0 spiro atoms. The number of hydrogen-bond acceptors (Lipinski definition) is 6. The SMILES string of the molecule is C=CC(=O)N1CC(C(C)(C)Oc2nc(-c3ccc(O)cc3)nc3c2C=NC3)C1. The molecular formula is C21H22N4O3. The molecule has 0 saturated carbocycles. The number of phenols is 1. The normalized spacial score (nSPS) is 15.9. The van der Waals surface area contributed by atoms with E-state index in [1.54, 1.807) is 35.4 Å². The van der Waals surface area contributed by atoms with Gasteiger partial charge < -0.3 is 14.7 Å². The Kier molecular flexibility index (Phi) is 4.37. The van der Waals surface area contributed by atoms with Crippen molar-refractivity contribution in [3.8, 4) is 23.0 Å². The Morgan fingerprint density at radius 1 is 1.29 bits per heavy atom. The maximum atomic E-state index is 11.7. The Hall–Kier alpha value is -3.22. The lowest BCUT2D eigenvalue weighted by Crippen LogP contribution is -2.59. The van der Waals surface area contributed by atoms with Crippen LogP contribution < -0.4 is 4.74 Å². The largest absolute Gasteiger partial charge is 0.508 e. The maximum Gasteiger partial charge on any atom is 0.245 e. The van der Waals surface area contributed by atoms with Crippen molar-refractivity contribution in [1.82, 2.24) is 14.9 Å². The molecule has 0 unspecified atom stereocenters. The Morgan fingerprint density at radius 3 is 2.68 bits per heavy atom. The van der Waals surface area contributed by atoms with Crippen LogP contribution in [0.4, 0.5) is 0 Å². The second-order valence-corrected chi connectivity index (χ2v) is 7.58. The number of carbonyl (C=O) groups is 1. The number of carbonyl (C=O) groups excluding carboxylic acids is 1. The molecule has 1 saturated heterocycles. The van der Waals surface area contributed by atoms with Crippen molar-refractivity contribution in [2.24, 2.45) is 10.9 Å². The van der Waals surface area contributed by atoms with Crippen LogP contribution in [0.2, 0.25) is 0 Å². The van der Waals surface area contributed by atoms with Crippen LogP contribution in [0.5, 0.6) is 11.6 Å². The molecule has 1 amide bonds. The van der Waals surface area contributed by atoms with E-state index in [0.29, 0.717) is 31.3 Å². The zero-order valence-electron chi connectivity index (χ0n) is 15.9. The van der Waals surface area contributed by atoms with Gasteiger partial charge in [-0.05, 0) is 44.2 Å². The van der Waals surface area contributed by atoms with Crippen molar-refractivity contribution in [2.45, 2.75) is 26.0 Å². The van der Waals surface area contributed by atoms with E-state index in [4.69, 9.17) is 4.74 Å². The molecule has 0 bridgehead atoms. The summed E-state index contributed by atoms with van der Waals surface area (Å²) < 4.78 is 6.34. The minimum atomic E-state index is -0.511. The van der Waals surface area contributed by atoms with Gasteiger partial charge in [0.15, 0.2) is 5.82 Å². The smallest absolute Gasteiger partial charge is 0.245 e. The summed E-state index contributed by atoms with van der Waals surface area (Å²) in [6.07, 6.45) is 3.08. The van der Waals surface area contributed by atoms with E-state index in [2.05, 4.69) is 21.5 Å². The molecule has 28 heavy (non-hydrogen) atoms. The Morgan fingerprint density at radius 2 is 2.00 bits per heavy atom. The fourth-order valence-corrected chi connectivity index (χ4v) is 3.34. The molecular weight excluding hydrogens is 356 g/mol. The molecule has 144 valence electrons. The number of aliphatic imine (C=N–C) groups is 1. The van der Waals surface area contributed by atoms with Crippen LogP contribution >= 0.6 is 0 Å². The number of aromatic hydroxyl groups is 1. The molecule has 4 rings (SSSR count). The van der Waals surface area contributed by atoms with E-state index < -0.39 is 5.60 Å². The fourth-order valence-electron chi connectivity index (χ4n) is 3.34. The van der Waals surface area contributed by atoms with Gasteiger partial charge in [0, 0.05) is 30.8 Å². The van der Waals surface area contributed by atoms with Gasteiger partial charge in [0.25, 0.3) is 0 Å². The van der Waals surface area contributed by atoms with Crippen LogP contribution in [0, 0.1) is 5.92 Å². The molecule has 2 aliphatic rings. The van der Waals surface area contributed by atoms with Crippen LogP contribution in [-0.2, 0) is 11.3 Å². The minimum absolute atomic E-state index is 0.0586. The summed E-state index contributed by atoms with van der Waals surface area (Å²) >= 11 is 0. The quantitative estimate of drug-likeness (QED) is 0.808. The number of hydrogen-bond donors (Lipinski definition) is 1. The Balaban J connectivity index is 1.60. The highest BCUT2D eigenvalue weighted by molar-refractivity contribution is 5.88. The lowest BCUT2D eigenvalue weighted by atomic mass is 9.84. The van der Waals surface area contributed by atoms with Gasteiger partial charge in [0.2, 0.25) is 11.8 Å². The Bertz CT molecular complexity index is 960. The van der Waals surface area contributed by atoms with Gasteiger partial charge in [-0.15, -0.1) is 0 Å². The molecule has 2 aromatic rings. The first-order chi connectivity index (χ1) is 13.4. The molecule has 0 aliphatic carbocycles. The average molecular weight is 378 g/mol. The minimum Gasteiger partial charge on any atom is -0.508 e. The molecule has 7 nitrogen and oxygen atoms in total. The van der Waals surface area contributed by atoms with Gasteiger partial charge in [-0.3, -0.25) is 9.79 Å². The van der Waals surface area contributed by atoms with Gasteiger partial charge >= 0.3 is 0 Å². The molecule has 1 fully saturated rings. The first-order valence-corrected chi connectivity index (χ1v) is 9.18. The molecule has 2 aliphatic heterocycles. The number of likely N-dealkylation sites (tertiary alicyclic amines) is 1. The molecule has 1 aromatic carbocycles. The summed E-state index contributed by atoms with van der Waals surface area (Å²) in [6, 6.07) is 6.75. The predicted molar refractivity (Wildman–Crippen MR) is 105 cm³/mol. The number of fused-ring (bicyclic) bond motifs is 1. The fraction of sp³-hybridized carbons (Fsp3) is 0.333. The van der Waals surface area contributed by atoms with Crippen molar-refractivity contribution in [3.05, 3.63) is 48.2 Å². The molecule has 0 radical (unpaired) electrons. The highest BCUT2D eigenvalue weighted by atomic mass is 16.5. The number of amides is 1. The monoisotopic (exact) mass is 378 g/mol. The third-order valence-electron chi connectivity index (χ3n) is 5.29. The zero-order chi connectivity index (χ0) is 19.9. The first-order valence-electron chi connectivity index (χ1n) is 9.18. The van der Waals surface area contributed by atoms with Crippen LogP contribution in [0.25, 0.3) is 11.4 Å². The Labute approximate surface area is 163 Å². The number of benzene rings is 1. The highest BCUT2D eigenvalue weighted by Crippen LogP contribution is 2.34. The van der Waals surface area contributed by atoms with Gasteiger partial charge in [-0.1, -0.05) is 6.58 Å². The predicted octanol–water partition coefficient (Wildman–Crippen LogP) is 2.58. The van der Waals surface area contributed by atoms with Crippen LogP contribution in [-0.4, -0.2) is 50.8 Å². The summed E-state index contributed by atoms with van der Waals surface area (Å²) in [6.45, 7) is 9.30. The van der Waals surface area contributed by atoms with Crippen molar-refractivity contribution in [2.75, 3.05) is 13.1 Å². The third kappa shape index (κ3) is 3.24. The lowest BCUT2D eigenvalue weighted by Gasteiger charge is -2.46. The molecule has 0 atom stereocenters. The number of ether oxygens (including phenoxy) is 1. The van der Waals surface area contributed by atoms with Gasteiger partial charge in [-0.2, -0.15) is 4.98 Å². The van der Waals surface area contributed by atoms with Gasteiger partial charge in [-0.25, -0.2) is 4.98 Å². The van der Waals surface area contributed by atoms with Gasteiger partial charge in [0.05, 0.1) is 17.8 Å². The average Bonchev–Trinajstić information content (AvgIpc) is 3.09. The molecule has 7 heteroatoms. The van der Waals surface area contributed by atoms with Crippen LogP contribution in [0.15, 0.2) is 41.9 Å². The lowest BCUT2D eigenvalue weighted by molar-refractivity contribution is -0.137. The van der Waals surface area contributed by atoms with Crippen LogP contribution in [0.1, 0.15) is 25.1 Å². The number of aromatic nitrogens is 2. The molecule has 3 heterocycles. The number of phenolic OH excluding ortho intramolecular Hbond substituents is 1. The van der Waals surface area contributed by atoms with Crippen molar-refractivity contribution in [3.63, 3.8) is 0 Å². The highest BCUT2D eigenvalue weighted by Gasteiger charge is 2.42. The van der Waals surface area contributed by atoms with E-state index in [1.807, 2.05) is 13.8 Å². The van der Waals surface area contributed by atoms with Crippen molar-refractivity contribution < 1.29 is 14.6 Å². The van der Waals surface area contributed by atoms with Crippen LogP contribution in [0.3, 0.4) is 0 Å². The number of nitrogens with zero attached hydrogens (tertiary/aromatic N) is 4. The third-order valence-corrected chi connectivity index (χ3v) is 5.29. The standard InChI is InChI=1S/C21H22N4O3/c1-4-18(27)25-11-14(12-25)21(2,3)28-20-16-9-22-10-17(16)23-19(24-20)13-5-7-15(26)8-6-13/h4-9,14,26H,1,10-12H2,2-3H3. The van der Waals surface area contributed by atoms with E-state index in [1.165, 1.54) is 6.08 Å². The molecule has 1 N–H and O–H groups in total. The summed E-state index contributed by atoms with van der Waals surface area (Å²) in [7, 11) is 0. The van der Waals surface area contributed by atoms with Gasteiger partial charge in [0.1, 0.15) is 11.4 Å². The van der Waals surface area contributed by atoms with E-state index in [0.717, 1.165) is 16.8 Å². The summed E-state index contributed by atoms with van der Waals surface area (Å²) in [5.41, 5.74) is 1.90. The van der Waals surface area contributed by atoms with Crippen molar-refractivity contribution >= 4 is 12.1 Å². The second kappa shape index (κ2) is 6.74. The van der Waals surface area contributed by atoms with E-state index >= 15 is 0 Å². The van der Waals surface area contributed by atoms with Crippen molar-refractivity contribution in [1.29, 1.82) is 0 Å². The summed E-state index contributed by atoms with van der Waals surface area (Å²) in [5, 5.41) is 9.52. The summed E-state index contributed by atoms with van der Waals surface area (Å²) in [5.74, 6) is 1.35. The maximum absolute atomic E-state index is 11.7. The summed E-state index contributed by atoms with van der Waals surface area (Å²) in [4.78, 5) is 27.0. The number of rotatable bonds is 5. The zero-order valence-corrected chi connectivity index (χ0v) is 15.9.